The van der Waals surface area contributed by atoms with Crippen molar-refractivity contribution in [2.45, 2.75) is 6.92 Å². The number of hydrogen-bond acceptors (Lipinski definition) is 2. The van der Waals surface area contributed by atoms with Crippen molar-refractivity contribution in [1.82, 2.24) is 0 Å². The van der Waals surface area contributed by atoms with Gasteiger partial charge in [0.05, 0.1) is 11.1 Å². The van der Waals surface area contributed by atoms with Gasteiger partial charge >= 0.3 is 5.97 Å². The van der Waals surface area contributed by atoms with E-state index in [4.69, 9.17) is 5.11 Å². The second-order valence-corrected chi connectivity index (χ2v) is 4.32. The molecule has 0 bridgehead atoms. The Morgan fingerprint density at radius 3 is 2.55 bits per heavy atom. The number of carboxylic acid groups (broad SMARTS) is 1. The molecule has 0 aromatic heterocycles. The summed E-state index contributed by atoms with van der Waals surface area (Å²) in [7, 11) is 0. The first-order valence-corrected chi connectivity index (χ1v) is 5.88. The molecule has 1 amide bonds. The van der Waals surface area contributed by atoms with Gasteiger partial charge in [-0.25, -0.2) is 9.18 Å². The predicted octanol–water partition coefficient (Wildman–Crippen LogP) is 3.08. The number of rotatable bonds is 3. The summed E-state index contributed by atoms with van der Waals surface area (Å²) in [5.41, 5.74) is 0.977. The summed E-state index contributed by atoms with van der Waals surface area (Å²) in [6, 6.07) is 10.0. The topological polar surface area (TPSA) is 66.4 Å². The zero-order valence-corrected chi connectivity index (χ0v) is 10.7. The molecule has 0 atom stereocenters. The van der Waals surface area contributed by atoms with Crippen LogP contribution < -0.4 is 5.32 Å². The van der Waals surface area contributed by atoms with Crippen LogP contribution >= 0.6 is 0 Å². The molecule has 2 rings (SSSR count). The number of halogens is 1. The van der Waals surface area contributed by atoms with Gasteiger partial charge in [0.1, 0.15) is 5.82 Å². The van der Waals surface area contributed by atoms with Crippen LogP contribution in [0, 0.1) is 12.7 Å². The molecule has 0 heterocycles. The van der Waals surface area contributed by atoms with Gasteiger partial charge in [-0.2, -0.15) is 0 Å². The van der Waals surface area contributed by atoms with Crippen LogP contribution in [-0.4, -0.2) is 17.0 Å². The number of aromatic carboxylic acids is 1. The van der Waals surface area contributed by atoms with E-state index in [1.165, 1.54) is 36.4 Å². The van der Waals surface area contributed by atoms with Gasteiger partial charge in [-0.1, -0.05) is 12.1 Å². The van der Waals surface area contributed by atoms with Crippen molar-refractivity contribution in [3.63, 3.8) is 0 Å². The number of nitrogens with one attached hydrogen (secondary N) is 1. The van der Waals surface area contributed by atoms with Crippen LogP contribution in [0.5, 0.6) is 0 Å². The first-order valence-electron chi connectivity index (χ1n) is 5.88. The lowest BCUT2D eigenvalue weighted by molar-refractivity contribution is 0.0696. The van der Waals surface area contributed by atoms with Gasteiger partial charge < -0.3 is 10.4 Å². The van der Waals surface area contributed by atoms with E-state index in [9.17, 15) is 14.0 Å². The number of carboxylic acids is 1. The molecule has 0 unspecified atom stereocenters. The van der Waals surface area contributed by atoms with E-state index in [1.54, 1.807) is 13.0 Å². The van der Waals surface area contributed by atoms with Crippen molar-refractivity contribution in [1.29, 1.82) is 0 Å². The molecule has 102 valence electrons. The molecule has 0 spiro atoms. The highest BCUT2D eigenvalue weighted by molar-refractivity contribution is 6.05. The van der Waals surface area contributed by atoms with E-state index < -0.39 is 17.7 Å². The first-order chi connectivity index (χ1) is 9.47. The summed E-state index contributed by atoms with van der Waals surface area (Å²) < 4.78 is 13.7. The van der Waals surface area contributed by atoms with Crippen molar-refractivity contribution in [2.24, 2.45) is 0 Å². The van der Waals surface area contributed by atoms with Crippen LogP contribution in [0.25, 0.3) is 0 Å². The van der Waals surface area contributed by atoms with Gasteiger partial charge in [0.25, 0.3) is 5.91 Å². The molecule has 5 heteroatoms. The molecule has 0 radical (unpaired) electrons. The fraction of sp³-hybridized carbons (Fsp3) is 0.0667. The second-order valence-electron chi connectivity index (χ2n) is 4.32. The van der Waals surface area contributed by atoms with E-state index >= 15 is 0 Å². The molecule has 20 heavy (non-hydrogen) atoms. The quantitative estimate of drug-likeness (QED) is 0.903. The Kier molecular flexibility index (Phi) is 3.79. The third kappa shape index (κ3) is 3.00. The largest absolute Gasteiger partial charge is 0.478 e. The Morgan fingerprint density at radius 1 is 1.15 bits per heavy atom. The average Bonchev–Trinajstić information content (AvgIpc) is 2.38. The highest BCUT2D eigenvalue weighted by Gasteiger charge is 2.12. The average molecular weight is 273 g/mol. The van der Waals surface area contributed by atoms with E-state index in [2.05, 4.69) is 5.32 Å². The van der Waals surface area contributed by atoms with Gasteiger partial charge in [0, 0.05) is 5.69 Å². The molecular weight excluding hydrogens is 261 g/mol. The van der Waals surface area contributed by atoms with Crippen molar-refractivity contribution in [2.75, 3.05) is 5.32 Å². The summed E-state index contributed by atoms with van der Waals surface area (Å²) in [4.78, 5) is 22.8. The van der Waals surface area contributed by atoms with Crippen molar-refractivity contribution < 1.29 is 19.1 Å². The fourth-order valence-corrected chi connectivity index (χ4v) is 1.73. The molecule has 2 aromatic rings. The number of hydrogen-bond donors (Lipinski definition) is 2. The molecule has 4 nitrogen and oxygen atoms in total. The zero-order valence-electron chi connectivity index (χ0n) is 10.7. The Labute approximate surface area is 114 Å². The molecular formula is C15H12FNO3. The Hall–Kier alpha value is -2.69. The minimum absolute atomic E-state index is 0.0483. The summed E-state index contributed by atoms with van der Waals surface area (Å²) >= 11 is 0. The number of aryl methyl sites for hydroxylation is 1. The molecule has 0 saturated carbocycles. The van der Waals surface area contributed by atoms with Crippen molar-refractivity contribution in [3.05, 3.63) is 65.0 Å². The first kappa shape index (κ1) is 13.7. The monoisotopic (exact) mass is 273 g/mol. The third-order valence-electron chi connectivity index (χ3n) is 2.74. The highest BCUT2D eigenvalue weighted by atomic mass is 19.1. The molecule has 0 aliphatic carbocycles. The number of amides is 1. The van der Waals surface area contributed by atoms with Crippen molar-refractivity contribution in [3.8, 4) is 0 Å². The standard InChI is InChI=1S/C15H12FNO3/c1-9-5-6-12(13(16)7-9)14(18)17-11-4-2-3-10(8-11)15(19)20/h2-8H,1H3,(H,17,18)(H,19,20). The zero-order chi connectivity index (χ0) is 14.7. The lowest BCUT2D eigenvalue weighted by atomic mass is 10.1. The lowest BCUT2D eigenvalue weighted by Crippen LogP contribution is -2.14. The maximum Gasteiger partial charge on any atom is 0.335 e. The van der Waals surface area contributed by atoms with Crippen LogP contribution in [0.15, 0.2) is 42.5 Å². The van der Waals surface area contributed by atoms with Crippen molar-refractivity contribution >= 4 is 17.6 Å². The van der Waals surface area contributed by atoms with E-state index in [0.717, 1.165) is 0 Å². The predicted molar refractivity (Wildman–Crippen MR) is 72.5 cm³/mol. The normalized spacial score (nSPS) is 10.1. The van der Waals surface area contributed by atoms with Crippen LogP contribution in [-0.2, 0) is 0 Å². The smallest absolute Gasteiger partial charge is 0.335 e. The number of carbonyl (C=O) groups is 2. The highest BCUT2D eigenvalue weighted by Crippen LogP contribution is 2.15. The minimum atomic E-state index is -1.09. The molecule has 2 aromatic carbocycles. The third-order valence-corrected chi connectivity index (χ3v) is 2.74. The van der Waals surface area contributed by atoms with Crippen LogP contribution in [0.2, 0.25) is 0 Å². The summed E-state index contributed by atoms with van der Waals surface area (Å²) in [5, 5.41) is 11.3. The molecule has 0 aliphatic rings. The second kappa shape index (κ2) is 5.52. The fourth-order valence-electron chi connectivity index (χ4n) is 1.73. The summed E-state index contributed by atoms with van der Waals surface area (Å²) in [5.74, 6) is -2.33. The lowest BCUT2D eigenvalue weighted by Gasteiger charge is -2.07. The summed E-state index contributed by atoms with van der Waals surface area (Å²) in [6.07, 6.45) is 0. The van der Waals surface area contributed by atoms with E-state index in [-0.39, 0.29) is 11.1 Å². The van der Waals surface area contributed by atoms with E-state index in [0.29, 0.717) is 11.3 Å². The van der Waals surface area contributed by atoms with Crippen LogP contribution in [0.3, 0.4) is 0 Å². The van der Waals surface area contributed by atoms with Crippen LogP contribution in [0.1, 0.15) is 26.3 Å². The van der Waals surface area contributed by atoms with Gasteiger partial charge in [0.2, 0.25) is 0 Å². The number of benzene rings is 2. The minimum Gasteiger partial charge on any atom is -0.478 e. The maximum absolute atomic E-state index is 13.7. The Morgan fingerprint density at radius 2 is 1.90 bits per heavy atom. The van der Waals surface area contributed by atoms with E-state index in [1.807, 2.05) is 0 Å². The summed E-state index contributed by atoms with van der Waals surface area (Å²) in [6.45, 7) is 1.72. The number of anilines is 1. The molecule has 0 fully saturated rings. The Bertz CT molecular complexity index is 683. The SMILES string of the molecule is Cc1ccc(C(=O)Nc2cccc(C(=O)O)c2)c(F)c1. The Balaban J connectivity index is 2.23. The van der Waals surface area contributed by atoms with Crippen LogP contribution in [0.4, 0.5) is 10.1 Å². The molecule has 2 N–H and O–H groups in total. The molecule has 0 aliphatic heterocycles. The number of carbonyl (C=O) groups excluding carboxylic acids is 1. The van der Waals surface area contributed by atoms with Gasteiger partial charge in [0.15, 0.2) is 0 Å². The van der Waals surface area contributed by atoms with Gasteiger partial charge in [-0.3, -0.25) is 4.79 Å². The van der Waals surface area contributed by atoms with Gasteiger partial charge in [-0.05, 0) is 42.8 Å². The maximum atomic E-state index is 13.7. The molecule has 0 saturated heterocycles. The van der Waals surface area contributed by atoms with Gasteiger partial charge in [-0.15, -0.1) is 0 Å².